The maximum Gasteiger partial charge on any atom is 0.243 e. The first-order valence-corrected chi connectivity index (χ1v) is 13.5. The number of rotatable bonds is 9. The highest BCUT2D eigenvalue weighted by Crippen LogP contribution is 2.30. The van der Waals surface area contributed by atoms with Crippen molar-refractivity contribution in [3.63, 3.8) is 0 Å². The molecule has 0 fully saturated rings. The molecule has 3 amide bonds. The number of hydrogen-bond donors (Lipinski definition) is 9. The van der Waals surface area contributed by atoms with Crippen LogP contribution in [0.15, 0.2) is 36.4 Å². The molecule has 0 spiro atoms. The molecule has 2 aromatic carbocycles. The summed E-state index contributed by atoms with van der Waals surface area (Å²) in [5.41, 5.74) is 19.8. The average Bonchev–Trinajstić information content (AvgIpc) is 2.94. The molecule has 12 N–H and O–H groups in total. The number of phenols is 2. The van der Waals surface area contributed by atoms with E-state index < -0.39 is 41.9 Å². The smallest absolute Gasteiger partial charge is 0.243 e. The van der Waals surface area contributed by atoms with Crippen LogP contribution in [0, 0.1) is 0 Å². The summed E-state index contributed by atoms with van der Waals surface area (Å²) in [7, 11) is 0. The number of carbonyl (C=O) groups is 3. The molecule has 218 valence electrons. The Hall–Kier alpha value is -3.71. The Labute approximate surface area is 233 Å². The van der Waals surface area contributed by atoms with Gasteiger partial charge >= 0.3 is 0 Å². The largest absolute Gasteiger partial charge is 0.508 e. The molecule has 40 heavy (non-hydrogen) atoms. The lowest BCUT2D eigenvalue weighted by atomic mass is 9.95. The van der Waals surface area contributed by atoms with Crippen LogP contribution in [-0.2, 0) is 27.2 Å². The number of carbonyl (C=O) groups excluding carboxylic acids is 3. The van der Waals surface area contributed by atoms with Crippen LogP contribution < -0.4 is 33.2 Å². The van der Waals surface area contributed by atoms with Gasteiger partial charge in [0.25, 0.3) is 0 Å². The topological polar surface area (TPSA) is 226 Å². The molecule has 0 aliphatic carbocycles. The van der Waals surface area contributed by atoms with Gasteiger partial charge < -0.3 is 48.5 Å². The summed E-state index contributed by atoms with van der Waals surface area (Å²) < 4.78 is 0. The van der Waals surface area contributed by atoms with E-state index in [1.807, 2.05) is 0 Å². The number of fused-ring (bicyclic) bond motifs is 5. The van der Waals surface area contributed by atoms with Gasteiger partial charge in [-0.25, -0.2) is 0 Å². The van der Waals surface area contributed by atoms with Crippen LogP contribution in [0.5, 0.6) is 11.5 Å². The van der Waals surface area contributed by atoms with Gasteiger partial charge in [-0.05, 0) is 78.7 Å². The molecule has 1 aliphatic heterocycles. The molecule has 12 heteroatoms. The summed E-state index contributed by atoms with van der Waals surface area (Å²) in [4.78, 5) is 39.6. The number of benzene rings is 2. The third-order valence-electron chi connectivity index (χ3n) is 6.94. The second-order valence-corrected chi connectivity index (χ2v) is 10.1. The van der Waals surface area contributed by atoms with Gasteiger partial charge in [0.1, 0.15) is 23.6 Å². The van der Waals surface area contributed by atoms with Gasteiger partial charge in [0.2, 0.25) is 17.7 Å². The van der Waals surface area contributed by atoms with E-state index in [9.17, 15) is 24.6 Å². The van der Waals surface area contributed by atoms with Crippen molar-refractivity contribution in [2.45, 2.75) is 62.7 Å². The number of nitrogens with two attached hydrogens (primary N) is 3. The van der Waals surface area contributed by atoms with Crippen molar-refractivity contribution < 1.29 is 29.7 Å². The standard InChI is InChI=1S/C28H40N6O6/c29-9-1-4-22-28(40)34-23(27(39)32-10-2-3-20(30)15-35)14-19-12-17(6-8-25(19)37)16-5-7-24(36)18(11-16)13-21(31)26(38)33-22/h5-8,11-12,20-23,35-37H,1-4,9-10,13-15,29-31H2,(H,32,39)(H,33,38)(H,34,40)/t20-,21?,22-,23?/m0/s1. The zero-order chi connectivity index (χ0) is 29.2. The average molecular weight is 557 g/mol. The third kappa shape index (κ3) is 8.39. The predicted octanol–water partition coefficient (Wildman–Crippen LogP) is -0.885. The summed E-state index contributed by atoms with van der Waals surface area (Å²) in [6.45, 7) is 0.390. The lowest BCUT2D eigenvalue weighted by Crippen LogP contribution is -2.56. The number of amides is 3. The fourth-order valence-corrected chi connectivity index (χ4v) is 4.55. The van der Waals surface area contributed by atoms with Gasteiger partial charge in [0, 0.05) is 25.4 Å². The Kier molecular flexibility index (Phi) is 11.3. The van der Waals surface area contributed by atoms with E-state index in [0.717, 1.165) is 0 Å². The molecular weight excluding hydrogens is 516 g/mol. The molecule has 0 aromatic heterocycles. The Morgan fingerprint density at radius 2 is 1.60 bits per heavy atom. The van der Waals surface area contributed by atoms with Crippen LogP contribution in [0.1, 0.15) is 36.8 Å². The number of phenolic OH excluding ortho intramolecular Hbond substituents is 2. The Morgan fingerprint density at radius 3 is 2.20 bits per heavy atom. The molecule has 0 saturated carbocycles. The van der Waals surface area contributed by atoms with Crippen molar-refractivity contribution in [2.75, 3.05) is 19.7 Å². The van der Waals surface area contributed by atoms with Gasteiger partial charge in [-0.15, -0.1) is 0 Å². The first-order chi connectivity index (χ1) is 19.1. The van der Waals surface area contributed by atoms with Crippen molar-refractivity contribution in [3.8, 4) is 22.6 Å². The molecular formula is C28H40N6O6. The van der Waals surface area contributed by atoms with Gasteiger partial charge in [-0.3, -0.25) is 14.4 Å². The lowest BCUT2D eigenvalue weighted by molar-refractivity contribution is -0.132. The van der Waals surface area contributed by atoms with E-state index in [1.165, 1.54) is 12.1 Å². The Bertz CT molecular complexity index is 1190. The zero-order valence-electron chi connectivity index (χ0n) is 22.4. The van der Waals surface area contributed by atoms with Crippen molar-refractivity contribution in [3.05, 3.63) is 47.5 Å². The monoisotopic (exact) mass is 556 g/mol. The van der Waals surface area contributed by atoms with Gasteiger partial charge in [0.05, 0.1) is 12.6 Å². The van der Waals surface area contributed by atoms with E-state index in [0.29, 0.717) is 41.5 Å². The lowest BCUT2D eigenvalue weighted by Gasteiger charge is -2.24. The van der Waals surface area contributed by atoms with Crippen LogP contribution in [0.25, 0.3) is 11.1 Å². The van der Waals surface area contributed by atoms with Crippen molar-refractivity contribution in [2.24, 2.45) is 17.2 Å². The second kappa shape index (κ2) is 14.6. The SMILES string of the molecule is NCCC[C@@H]1NC(=O)C(N)Cc2cc(ccc2O)-c2ccc(O)c(c2)CC(C(=O)NCCC[C@H](N)CO)NC1=O. The van der Waals surface area contributed by atoms with E-state index in [2.05, 4.69) is 16.0 Å². The Balaban J connectivity index is 1.98. The molecule has 2 aromatic rings. The van der Waals surface area contributed by atoms with Crippen LogP contribution >= 0.6 is 0 Å². The van der Waals surface area contributed by atoms with E-state index >= 15 is 0 Å². The first-order valence-electron chi connectivity index (χ1n) is 13.5. The fraction of sp³-hybridized carbons (Fsp3) is 0.464. The molecule has 12 nitrogen and oxygen atoms in total. The summed E-state index contributed by atoms with van der Waals surface area (Å²) in [5, 5.41) is 38.3. The van der Waals surface area contributed by atoms with Gasteiger partial charge in [-0.1, -0.05) is 12.1 Å². The van der Waals surface area contributed by atoms with E-state index in [-0.39, 0.29) is 50.5 Å². The van der Waals surface area contributed by atoms with Crippen molar-refractivity contribution in [1.29, 1.82) is 0 Å². The maximum absolute atomic E-state index is 13.4. The van der Waals surface area contributed by atoms with E-state index in [1.54, 1.807) is 24.3 Å². The van der Waals surface area contributed by atoms with E-state index in [4.69, 9.17) is 22.3 Å². The summed E-state index contributed by atoms with van der Waals surface area (Å²) in [6.07, 6.45) is 1.66. The quantitative estimate of drug-likeness (QED) is 0.174. The highest BCUT2D eigenvalue weighted by Gasteiger charge is 2.29. The molecule has 1 heterocycles. The fourth-order valence-electron chi connectivity index (χ4n) is 4.55. The Morgan fingerprint density at radius 1 is 0.975 bits per heavy atom. The molecule has 4 bridgehead atoms. The van der Waals surface area contributed by atoms with Crippen LogP contribution in [-0.4, -0.2) is 76.9 Å². The first kappa shape index (κ1) is 30.8. The van der Waals surface area contributed by atoms with Gasteiger partial charge in [-0.2, -0.15) is 0 Å². The molecule has 4 atom stereocenters. The predicted molar refractivity (Wildman–Crippen MR) is 150 cm³/mol. The normalized spacial score (nSPS) is 20.4. The number of aliphatic hydroxyl groups excluding tert-OH is 1. The molecule has 3 rings (SSSR count). The van der Waals surface area contributed by atoms with Crippen molar-refractivity contribution in [1.82, 2.24) is 16.0 Å². The minimum Gasteiger partial charge on any atom is -0.508 e. The highest BCUT2D eigenvalue weighted by molar-refractivity contribution is 5.93. The van der Waals surface area contributed by atoms with Crippen LogP contribution in [0.2, 0.25) is 0 Å². The number of aromatic hydroxyl groups is 2. The molecule has 0 saturated heterocycles. The summed E-state index contributed by atoms with van der Waals surface area (Å²) >= 11 is 0. The molecule has 0 radical (unpaired) electrons. The summed E-state index contributed by atoms with van der Waals surface area (Å²) in [6, 6.07) is 6.30. The molecule has 1 aliphatic rings. The third-order valence-corrected chi connectivity index (χ3v) is 6.94. The zero-order valence-corrected chi connectivity index (χ0v) is 22.4. The number of aliphatic hydroxyl groups is 1. The number of nitrogens with one attached hydrogen (secondary N) is 3. The second-order valence-electron chi connectivity index (χ2n) is 10.1. The maximum atomic E-state index is 13.4. The van der Waals surface area contributed by atoms with Crippen LogP contribution in [0.3, 0.4) is 0 Å². The van der Waals surface area contributed by atoms with Crippen molar-refractivity contribution >= 4 is 17.7 Å². The summed E-state index contributed by atoms with van der Waals surface area (Å²) in [5.74, 6) is -1.73. The minimum atomic E-state index is -1.08. The highest BCUT2D eigenvalue weighted by atomic mass is 16.3. The minimum absolute atomic E-state index is 0.0205. The molecule has 2 unspecified atom stereocenters. The van der Waals surface area contributed by atoms with Crippen LogP contribution in [0.4, 0.5) is 0 Å². The van der Waals surface area contributed by atoms with Gasteiger partial charge in [0.15, 0.2) is 0 Å². The number of hydrogen-bond acceptors (Lipinski definition) is 9.